The zero-order chi connectivity index (χ0) is 22.3. The van der Waals surface area contributed by atoms with E-state index in [1.165, 1.54) is 28.4 Å². The van der Waals surface area contributed by atoms with Crippen molar-refractivity contribution in [2.45, 2.75) is 61.4 Å². The van der Waals surface area contributed by atoms with E-state index in [-0.39, 0.29) is 13.2 Å². The van der Waals surface area contributed by atoms with Gasteiger partial charge in [0, 0.05) is 49.8 Å². The first kappa shape index (κ1) is 25.8. The molecule has 30 heavy (non-hydrogen) atoms. The van der Waals surface area contributed by atoms with E-state index in [9.17, 15) is 5.11 Å². The lowest BCUT2D eigenvalue weighted by molar-refractivity contribution is -0.365. The van der Waals surface area contributed by atoms with E-state index in [2.05, 4.69) is 0 Å². The molecule has 0 amide bonds. The fourth-order valence-electron chi connectivity index (χ4n) is 4.14. The Bertz CT molecular complexity index is 481. The molecule has 0 saturated carbocycles. The van der Waals surface area contributed by atoms with E-state index in [1.807, 2.05) is 0 Å². The van der Waals surface area contributed by atoms with Crippen LogP contribution in [0.2, 0.25) is 0 Å². The minimum Gasteiger partial charge on any atom is -0.394 e. The van der Waals surface area contributed by atoms with Crippen molar-refractivity contribution in [2.24, 2.45) is 0 Å². The van der Waals surface area contributed by atoms with E-state index in [0.29, 0.717) is 0 Å². The van der Waals surface area contributed by atoms with Crippen LogP contribution in [0.4, 0.5) is 0 Å². The summed E-state index contributed by atoms with van der Waals surface area (Å²) in [6.07, 6.45) is -6.27. The maximum Gasteiger partial charge on any atom is 0.187 e. The Labute approximate surface area is 177 Å². The van der Waals surface area contributed by atoms with Gasteiger partial charge in [-0.2, -0.15) is 0 Å². The topological polar surface area (TPSA) is 113 Å². The van der Waals surface area contributed by atoms with E-state index in [0.717, 1.165) is 0 Å². The zero-order valence-corrected chi connectivity index (χ0v) is 18.7. The molecule has 1 N–H and O–H groups in total. The lowest BCUT2D eigenvalue weighted by Crippen LogP contribution is -2.66. The summed E-state index contributed by atoms with van der Waals surface area (Å²) in [6.45, 7) is -0.0551. The van der Waals surface area contributed by atoms with Gasteiger partial charge in [-0.05, 0) is 0 Å². The Kier molecular flexibility index (Phi) is 10.8. The predicted octanol–water partition coefficient (Wildman–Crippen LogP) is -0.818. The van der Waals surface area contributed by atoms with Crippen molar-refractivity contribution in [3.05, 3.63) is 0 Å². The summed E-state index contributed by atoms with van der Waals surface area (Å²) in [6, 6.07) is 0. The lowest BCUT2D eigenvalue weighted by Gasteiger charge is -2.49. The third-order valence-electron chi connectivity index (χ3n) is 5.58. The van der Waals surface area contributed by atoms with Gasteiger partial charge in [-0.3, -0.25) is 0 Å². The maximum absolute atomic E-state index is 9.92. The molecule has 0 radical (unpaired) electrons. The first-order valence-electron chi connectivity index (χ1n) is 9.77. The van der Waals surface area contributed by atoms with Crippen molar-refractivity contribution in [1.29, 1.82) is 0 Å². The molecule has 2 aliphatic rings. The number of ether oxygens (including phenoxy) is 10. The summed E-state index contributed by atoms with van der Waals surface area (Å²) in [5.74, 6) is 0. The average Bonchev–Trinajstić information content (AvgIpc) is 2.77. The molecule has 0 aromatic heterocycles. The quantitative estimate of drug-likeness (QED) is 0.435. The Hall–Kier alpha value is -0.440. The third-order valence-corrected chi connectivity index (χ3v) is 5.58. The molecule has 178 valence electrons. The van der Waals surface area contributed by atoms with Gasteiger partial charge in [-0.1, -0.05) is 0 Å². The molecule has 11 heteroatoms. The van der Waals surface area contributed by atoms with E-state index >= 15 is 0 Å². The summed E-state index contributed by atoms with van der Waals surface area (Å²) in [7, 11) is 10.8. The number of hydrogen-bond acceptors (Lipinski definition) is 11. The molecule has 10 atom stereocenters. The zero-order valence-electron chi connectivity index (χ0n) is 18.7. The van der Waals surface area contributed by atoms with Gasteiger partial charge in [0.05, 0.1) is 13.2 Å². The summed E-state index contributed by atoms with van der Waals surface area (Å²) in [4.78, 5) is 0. The van der Waals surface area contributed by atoms with Crippen LogP contribution in [-0.4, -0.2) is 130 Å². The van der Waals surface area contributed by atoms with Crippen LogP contribution < -0.4 is 0 Å². The van der Waals surface area contributed by atoms with Gasteiger partial charge in [0.25, 0.3) is 0 Å². The van der Waals surface area contributed by atoms with Gasteiger partial charge >= 0.3 is 0 Å². The van der Waals surface area contributed by atoms with E-state index < -0.39 is 61.4 Å². The van der Waals surface area contributed by atoms with Crippen LogP contribution in [0.3, 0.4) is 0 Å². The summed E-state index contributed by atoms with van der Waals surface area (Å²) >= 11 is 0. The number of aliphatic hydroxyl groups excluding tert-OH is 1. The molecule has 2 heterocycles. The molecule has 0 bridgehead atoms. The van der Waals surface area contributed by atoms with Crippen LogP contribution in [0, 0.1) is 0 Å². The lowest BCUT2D eigenvalue weighted by atomic mass is 9.96. The normalized spacial score (nSPS) is 42.4. The Balaban J connectivity index is 2.30. The SMILES string of the molecule is COC[C@H]1O[C@H](O[C@H]2[C@H](OC)[C@@H](OC)[C@@H](OC)O[C@@H]2CO)[C@@H](OC)[C@@H](OC)[C@@H]1OC. The number of aliphatic hydroxyl groups is 1. The number of rotatable bonds is 11. The average molecular weight is 440 g/mol. The van der Waals surface area contributed by atoms with Crippen LogP contribution in [0.5, 0.6) is 0 Å². The molecule has 2 saturated heterocycles. The fourth-order valence-corrected chi connectivity index (χ4v) is 4.14. The van der Waals surface area contributed by atoms with Crippen LogP contribution >= 0.6 is 0 Å². The predicted molar refractivity (Wildman–Crippen MR) is 102 cm³/mol. The van der Waals surface area contributed by atoms with Gasteiger partial charge in [-0.25, -0.2) is 0 Å². The van der Waals surface area contributed by atoms with Gasteiger partial charge in [0.15, 0.2) is 12.6 Å². The molecule has 11 nitrogen and oxygen atoms in total. The first-order chi connectivity index (χ1) is 14.5. The minimum absolute atomic E-state index is 0.263. The second-order valence-corrected chi connectivity index (χ2v) is 7.06. The highest BCUT2D eigenvalue weighted by Crippen LogP contribution is 2.33. The van der Waals surface area contributed by atoms with Crippen LogP contribution in [0.15, 0.2) is 0 Å². The molecule has 2 rings (SSSR count). The molecule has 2 aliphatic heterocycles. The number of hydrogen-bond donors (Lipinski definition) is 1. The molecule has 0 aromatic rings. The van der Waals surface area contributed by atoms with Gasteiger partial charge in [-0.15, -0.1) is 0 Å². The standard InChI is InChI=1S/C19H36O11/c1-21-9-11-12(22-2)14(23-3)17(26-6)19(29-11)30-13-10(8-20)28-18(27-7)16(25-5)15(13)24-4/h10-20H,8-9H2,1-7H3/t10-,11-,12-,13-,14+,15+,16-,17+,18+,19-/m1/s1. The third kappa shape index (κ3) is 5.30. The van der Waals surface area contributed by atoms with Crippen molar-refractivity contribution in [3.8, 4) is 0 Å². The van der Waals surface area contributed by atoms with Gasteiger partial charge < -0.3 is 52.5 Å². The molecule has 0 spiro atoms. The highest BCUT2D eigenvalue weighted by molar-refractivity contribution is 4.96. The smallest absolute Gasteiger partial charge is 0.187 e. The second kappa shape index (κ2) is 12.6. The van der Waals surface area contributed by atoms with E-state index in [1.54, 1.807) is 21.3 Å². The first-order valence-corrected chi connectivity index (χ1v) is 9.77. The van der Waals surface area contributed by atoms with Crippen molar-refractivity contribution >= 4 is 0 Å². The monoisotopic (exact) mass is 440 g/mol. The molecule has 0 aliphatic carbocycles. The fraction of sp³-hybridized carbons (Fsp3) is 1.00. The maximum atomic E-state index is 9.92. The van der Waals surface area contributed by atoms with Crippen LogP contribution in [0.1, 0.15) is 0 Å². The summed E-state index contributed by atoms with van der Waals surface area (Å²) < 4.78 is 56.9. The summed E-state index contributed by atoms with van der Waals surface area (Å²) in [5.41, 5.74) is 0. The van der Waals surface area contributed by atoms with E-state index in [4.69, 9.17) is 47.4 Å². The minimum atomic E-state index is -0.872. The molecule has 0 unspecified atom stereocenters. The summed E-state index contributed by atoms with van der Waals surface area (Å²) in [5, 5.41) is 9.92. The van der Waals surface area contributed by atoms with Gasteiger partial charge in [0.2, 0.25) is 0 Å². The molecular weight excluding hydrogens is 404 g/mol. The molecule has 0 aromatic carbocycles. The Morgan fingerprint density at radius 3 is 1.53 bits per heavy atom. The van der Waals surface area contributed by atoms with Crippen molar-refractivity contribution in [1.82, 2.24) is 0 Å². The molecule has 2 fully saturated rings. The largest absolute Gasteiger partial charge is 0.394 e. The van der Waals surface area contributed by atoms with Crippen LogP contribution in [0.25, 0.3) is 0 Å². The highest BCUT2D eigenvalue weighted by Gasteiger charge is 2.53. The number of methoxy groups -OCH3 is 7. The van der Waals surface area contributed by atoms with Crippen molar-refractivity contribution < 1.29 is 52.5 Å². The van der Waals surface area contributed by atoms with Crippen molar-refractivity contribution in [3.63, 3.8) is 0 Å². The Morgan fingerprint density at radius 1 is 0.567 bits per heavy atom. The van der Waals surface area contributed by atoms with Crippen LogP contribution in [-0.2, 0) is 47.4 Å². The Morgan fingerprint density at radius 2 is 1.07 bits per heavy atom. The molecular formula is C19H36O11. The van der Waals surface area contributed by atoms with Gasteiger partial charge in [0.1, 0.15) is 48.8 Å². The highest BCUT2D eigenvalue weighted by atomic mass is 16.8. The second-order valence-electron chi connectivity index (χ2n) is 7.06. The van der Waals surface area contributed by atoms with Crippen molar-refractivity contribution in [2.75, 3.05) is 63.0 Å².